The molecule has 0 saturated carbocycles. The third-order valence-electron chi connectivity index (χ3n) is 3.37. The summed E-state index contributed by atoms with van der Waals surface area (Å²) in [6, 6.07) is 11.3. The van der Waals surface area contributed by atoms with E-state index in [2.05, 4.69) is 26.0 Å². The molecular weight excluding hydrogens is 248 g/mol. The Kier molecular flexibility index (Phi) is 4.67. The van der Waals surface area contributed by atoms with E-state index in [9.17, 15) is 10.2 Å². The van der Waals surface area contributed by atoms with Gasteiger partial charge >= 0.3 is 0 Å². The van der Waals surface area contributed by atoms with Crippen LogP contribution in [0.25, 0.3) is 11.1 Å². The molecule has 0 saturated heterocycles. The molecule has 0 spiro atoms. The highest BCUT2D eigenvalue weighted by molar-refractivity contribution is 5.68. The van der Waals surface area contributed by atoms with Gasteiger partial charge in [-0.2, -0.15) is 0 Å². The quantitative estimate of drug-likeness (QED) is 0.828. The van der Waals surface area contributed by atoms with Crippen LogP contribution in [-0.2, 0) is 12.8 Å². The van der Waals surface area contributed by atoms with Crippen LogP contribution in [0.5, 0.6) is 11.5 Å². The number of hydrogen-bond acceptors (Lipinski definition) is 2. The number of phenolic OH excluding ortho intramolecular Hbond substituents is 2. The van der Waals surface area contributed by atoms with Crippen molar-refractivity contribution in [2.24, 2.45) is 0 Å². The maximum Gasteiger partial charge on any atom is 0.116 e. The lowest BCUT2D eigenvalue weighted by molar-refractivity contribution is 0.473. The summed E-state index contributed by atoms with van der Waals surface area (Å²) in [5, 5.41) is 19.7. The van der Waals surface area contributed by atoms with E-state index < -0.39 is 0 Å². The highest BCUT2D eigenvalue weighted by atomic mass is 16.3. The Morgan fingerprint density at radius 2 is 1.05 bits per heavy atom. The van der Waals surface area contributed by atoms with Crippen molar-refractivity contribution in [1.82, 2.24) is 0 Å². The second kappa shape index (κ2) is 6.47. The van der Waals surface area contributed by atoms with Gasteiger partial charge in [0.05, 0.1) is 0 Å². The summed E-state index contributed by atoms with van der Waals surface area (Å²) in [7, 11) is 0. The molecule has 0 aliphatic carbocycles. The van der Waals surface area contributed by atoms with E-state index in [4.69, 9.17) is 0 Å². The Balaban J connectivity index is 2.44. The average Bonchev–Trinajstić information content (AvgIpc) is 2.38. The Morgan fingerprint density at radius 3 is 1.40 bits per heavy atom. The minimum Gasteiger partial charge on any atom is -0.508 e. The largest absolute Gasteiger partial charge is 0.508 e. The van der Waals surface area contributed by atoms with Gasteiger partial charge in [0.2, 0.25) is 0 Å². The van der Waals surface area contributed by atoms with E-state index in [1.165, 1.54) is 0 Å². The lowest BCUT2D eigenvalue weighted by Gasteiger charge is -2.09. The predicted molar refractivity (Wildman–Crippen MR) is 83.2 cm³/mol. The monoisotopic (exact) mass is 270 g/mol. The number of hydrogen-bond donors (Lipinski definition) is 2. The zero-order valence-corrected chi connectivity index (χ0v) is 12.2. The van der Waals surface area contributed by atoms with Gasteiger partial charge in [0.15, 0.2) is 0 Å². The fraction of sp³-hybridized carbons (Fsp3) is 0.333. The first-order chi connectivity index (χ1) is 9.62. The summed E-state index contributed by atoms with van der Waals surface area (Å²) in [5.41, 5.74) is 4.18. The van der Waals surface area contributed by atoms with E-state index in [0.29, 0.717) is 0 Å². The van der Waals surface area contributed by atoms with Crippen LogP contribution < -0.4 is 0 Å². The molecule has 0 unspecified atom stereocenters. The van der Waals surface area contributed by atoms with Crippen molar-refractivity contribution in [2.45, 2.75) is 39.5 Å². The molecular formula is C18H22O2. The van der Waals surface area contributed by atoms with Gasteiger partial charge in [0, 0.05) is 0 Å². The number of rotatable bonds is 5. The van der Waals surface area contributed by atoms with Crippen molar-refractivity contribution in [2.75, 3.05) is 0 Å². The first kappa shape index (κ1) is 14.4. The average molecular weight is 270 g/mol. The minimum absolute atomic E-state index is 0.284. The van der Waals surface area contributed by atoms with Gasteiger partial charge < -0.3 is 10.2 Å². The standard InChI is InChI=1S/C18H22O2/c1-3-5-13-7-15(11-17(19)9-13)16-8-14(6-4-2)10-18(20)12-16/h7-12,19-20H,3-6H2,1-2H3. The zero-order valence-electron chi connectivity index (χ0n) is 12.2. The van der Waals surface area contributed by atoms with Crippen molar-refractivity contribution < 1.29 is 10.2 Å². The van der Waals surface area contributed by atoms with Gasteiger partial charge in [-0.05, 0) is 59.4 Å². The van der Waals surface area contributed by atoms with E-state index in [1.54, 1.807) is 12.1 Å². The second-order valence-corrected chi connectivity index (χ2v) is 5.28. The van der Waals surface area contributed by atoms with Crippen molar-refractivity contribution in [3.05, 3.63) is 47.5 Å². The minimum atomic E-state index is 0.284. The van der Waals surface area contributed by atoms with Crippen molar-refractivity contribution in [1.29, 1.82) is 0 Å². The normalized spacial score (nSPS) is 10.7. The second-order valence-electron chi connectivity index (χ2n) is 5.28. The highest BCUT2D eigenvalue weighted by Gasteiger charge is 2.06. The maximum absolute atomic E-state index is 9.86. The first-order valence-electron chi connectivity index (χ1n) is 7.28. The summed E-state index contributed by atoms with van der Waals surface area (Å²) in [5.74, 6) is 0.567. The molecule has 0 atom stereocenters. The highest BCUT2D eigenvalue weighted by Crippen LogP contribution is 2.30. The van der Waals surface area contributed by atoms with E-state index in [-0.39, 0.29) is 11.5 Å². The summed E-state index contributed by atoms with van der Waals surface area (Å²) >= 11 is 0. The smallest absolute Gasteiger partial charge is 0.116 e. The third kappa shape index (κ3) is 3.53. The van der Waals surface area contributed by atoms with Crippen LogP contribution in [0, 0.1) is 0 Å². The van der Waals surface area contributed by atoms with Crippen LogP contribution >= 0.6 is 0 Å². The molecule has 2 N–H and O–H groups in total. The Bertz CT molecular complexity index is 534. The zero-order chi connectivity index (χ0) is 14.5. The molecule has 0 aromatic heterocycles. The lowest BCUT2D eigenvalue weighted by Crippen LogP contribution is -1.88. The Labute approximate surface area is 120 Å². The summed E-state index contributed by atoms with van der Waals surface area (Å²) in [4.78, 5) is 0. The van der Waals surface area contributed by atoms with Crippen LogP contribution in [0.15, 0.2) is 36.4 Å². The topological polar surface area (TPSA) is 40.5 Å². The first-order valence-corrected chi connectivity index (χ1v) is 7.28. The van der Waals surface area contributed by atoms with Gasteiger partial charge in [-0.1, -0.05) is 38.8 Å². The fourth-order valence-electron chi connectivity index (χ4n) is 2.55. The third-order valence-corrected chi connectivity index (χ3v) is 3.37. The van der Waals surface area contributed by atoms with Crippen molar-refractivity contribution in [3.8, 4) is 22.6 Å². The summed E-state index contributed by atoms with van der Waals surface area (Å²) < 4.78 is 0. The van der Waals surface area contributed by atoms with Crippen LogP contribution in [0.1, 0.15) is 37.8 Å². The maximum atomic E-state index is 9.86. The SMILES string of the molecule is CCCc1cc(O)cc(-c2cc(O)cc(CCC)c2)c1. The lowest BCUT2D eigenvalue weighted by atomic mass is 9.97. The number of benzene rings is 2. The van der Waals surface area contributed by atoms with Gasteiger partial charge in [0.1, 0.15) is 11.5 Å². The molecule has 0 bridgehead atoms. The molecule has 0 fully saturated rings. The van der Waals surface area contributed by atoms with Crippen LogP contribution in [-0.4, -0.2) is 10.2 Å². The van der Waals surface area contributed by atoms with E-state index in [1.807, 2.05) is 12.1 Å². The summed E-state index contributed by atoms with van der Waals surface area (Å²) in [6.45, 7) is 4.24. The molecule has 0 aliphatic rings. The van der Waals surface area contributed by atoms with Gasteiger partial charge in [-0.3, -0.25) is 0 Å². The van der Waals surface area contributed by atoms with Crippen LogP contribution in [0.2, 0.25) is 0 Å². The molecule has 2 aromatic rings. The molecule has 2 nitrogen and oxygen atoms in total. The van der Waals surface area contributed by atoms with Crippen LogP contribution in [0.3, 0.4) is 0 Å². The van der Waals surface area contributed by atoms with E-state index in [0.717, 1.165) is 47.9 Å². The molecule has 2 aromatic carbocycles. The molecule has 20 heavy (non-hydrogen) atoms. The molecule has 2 heteroatoms. The van der Waals surface area contributed by atoms with Gasteiger partial charge in [-0.25, -0.2) is 0 Å². The Morgan fingerprint density at radius 1 is 0.650 bits per heavy atom. The molecule has 0 heterocycles. The number of phenols is 2. The summed E-state index contributed by atoms with van der Waals surface area (Å²) in [6.07, 6.45) is 3.98. The molecule has 0 amide bonds. The van der Waals surface area contributed by atoms with Gasteiger partial charge in [-0.15, -0.1) is 0 Å². The van der Waals surface area contributed by atoms with Gasteiger partial charge in [0.25, 0.3) is 0 Å². The van der Waals surface area contributed by atoms with Crippen molar-refractivity contribution in [3.63, 3.8) is 0 Å². The van der Waals surface area contributed by atoms with E-state index >= 15 is 0 Å². The molecule has 0 aliphatic heterocycles. The predicted octanol–water partition coefficient (Wildman–Crippen LogP) is 4.67. The molecule has 106 valence electrons. The molecule has 0 radical (unpaired) electrons. The number of aryl methyl sites for hydroxylation is 2. The van der Waals surface area contributed by atoms with Crippen LogP contribution in [0.4, 0.5) is 0 Å². The number of aromatic hydroxyl groups is 2. The molecule has 2 rings (SSSR count). The van der Waals surface area contributed by atoms with Crippen molar-refractivity contribution >= 4 is 0 Å². The fourth-order valence-corrected chi connectivity index (χ4v) is 2.55. The Hall–Kier alpha value is -1.96.